The second-order valence-electron chi connectivity index (χ2n) is 12.3. The smallest absolute Gasteiger partial charge is 0.412 e. The van der Waals surface area contributed by atoms with E-state index >= 15 is 0 Å². The summed E-state index contributed by atoms with van der Waals surface area (Å²) in [4.78, 5) is 41.4. The number of methoxy groups -OCH3 is 1. The van der Waals surface area contributed by atoms with E-state index < -0.39 is 67.2 Å². The van der Waals surface area contributed by atoms with Crippen LogP contribution in [0.25, 0.3) is 0 Å². The Balaban J connectivity index is 1.33. The number of hydrogen-bond acceptors (Lipinski definition) is 11. The number of fused-ring (bicyclic) bond motifs is 2. The number of benzene rings is 3. The predicted octanol–water partition coefficient (Wildman–Crippen LogP) is 6.11. The minimum Gasteiger partial charge on any atom is -0.454 e. The molecule has 0 aromatic heterocycles. The normalized spacial score (nSPS) is 26.8. The summed E-state index contributed by atoms with van der Waals surface area (Å²) >= 11 is 7.00. The third kappa shape index (κ3) is 9.29. The van der Waals surface area contributed by atoms with Crippen LogP contribution in [-0.2, 0) is 46.1 Å². The lowest BCUT2D eigenvalue weighted by atomic mass is 9.92. The van der Waals surface area contributed by atoms with Crippen molar-refractivity contribution < 1.29 is 52.6 Å². The number of hydrogen-bond donors (Lipinski definition) is 2. The van der Waals surface area contributed by atoms with Gasteiger partial charge in [-0.1, -0.05) is 68.3 Å². The van der Waals surface area contributed by atoms with E-state index in [1.165, 1.54) is 7.11 Å². The molecule has 1 fully saturated rings. The van der Waals surface area contributed by atoms with E-state index in [0.29, 0.717) is 42.9 Å². The van der Waals surface area contributed by atoms with Crippen molar-refractivity contribution >= 4 is 55.6 Å². The summed E-state index contributed by atoms with van der Waals surface area (Å²) in [5, 5.41) is 13.0. The molecular formula is C37H37Br2NO11. The van der Waals surface area contributed by atoms with Crippen LogP contribution in [0.1, 0.15) is 24.0 Å². The van der Waals surface area contributed by atoms with Gasteiger partial charge in [0, 0.05) is 27.8 Å². The lowest BCUT2D eigenvalue weighted by Crippen LogP contribution is -2.63. The number of aliphatic hydroxyl groups excluding tert-OH is 1. The van der Waals surface area contributed by atoms with Crippen LogP contribution in [0.2, 0.25) is 0 Å². The highest BCUT2D eigenvalue weighted by molar-refractivity contribution is 9.10. The zero-order chi connectivity index (χ0) is 35.9. The summed E-state index contributed by atoms with van der Waals surface area (Å²) in [5.41, 5.74) is 2.15. The Kier molecular flexibility index (Phi) is 12.3. The number of allylic oxidation sites excluding steroid dienone is 2. The van der Waals surface area contributed by atoms with Gasteiger partial charge in [0.1, 0.15) is 6.10 Å². The molecule has 0 bridgehead atoms. The number of halogens is 2. The summed E-state index contributed by atoms with van der Waals surface area (Å²) in [6.45, 7) is -0.580. The van der Waals surface area contributed by atoms with Crippen LogP contribution in [0.15, 0.2) is 87.8 Å². The molecule has 3 aliphatic rings. The monoisotopic (exact) mass is 829 g/mol. The Morgan fingerprint density at radius 3 is 2.04 bits per heavy atom. The zero-order valence-corrected chi connectivity index (χ0v) is 30.7. The number of ether oxygens (including phenoxy) is 7. The van der Waals surface area contributed by atoms with Crippen molar-refractivity contribution in [2.24, 2.45) is 11.8 Å². The number of carbonyl (C=O) groups is 3. The maximum atomic E-state index is 14.1. The average Bonchev–Trinajstić information content (AvgIpc) is 3.58. The lowest BCUT2D eigenvalue weighted by Gasteiger charge is -2.44. The summed E-state index contributed by atoms with van der Waals surface area (Å²) in [6, 6.07) is 20.1. The number of nitrogens with one attached hydrogen (secondary N) is 1. The van der Waals surface area contributed by atoms with Crippen LogP contribution in [0.4, 0.5) is 10.5 Å². The molecule has 0 radical (unpaired) electrons. The number of amides is 1. The molecule has 3 aromatic carbocycles. The highest BCUT2D eigenvalue weighted by Crippen LogP contribution is 2.35. The van der Waals surface area contributed by atoms with Gasteiger partial charge in [-0.2, -0.15) is 0 Å². The molecule has 14 heteroatoms. The Hall–Kier alpha value is -3.95. The van der Waals surface area contributed by atoms with Crippen LogP contribution in [0, 0.1) is 11.8 Å². The standard InChI is InChI=1S/C37H37Br2NO11/c1-45-36-33-32(31(30(19-41)48-36)51-37(44)40-27-12-13-28-29(18-27)47-20-46-28)49-34(42)23(14-21-6-4-10-25(38)16-21)8-2-3-9-24(35(43)50-33)15-22-7-5-11-26(39)17-22/h2-7,10-13,16-18,23-24,30-33,36,41H,8-9,14-15,19-20H2,1H3,(H,40,44)/b3-2-/t23-,24-,30+,31+,32-,33+,36-/m0/s1. The Bertz CT molecular complexity index is 1750. The highest BCUT2D eigenvalue weighted by atomic mass is 79.9. The van der Waals surface area contributed by atoms with Crippen molar-refractivity contribution in [3.63, 3.8) is 0 Å². The van der Waals surface area contributed by atoms with E-state index in [0.717, 1.165) is 20.1 Å². The van der Waals surface area contributed by atoms with Crippen LogP contribution in [0.3, 0.4) is 0 Å². The molecule has 0 spiro atoms. The molecule has 270 valence electrons. The van der Waals surface area contributed by atoms with Crippen LogP contribution in [-0.4, -0.2) is 74.4 Å². The maximum absolute atomic E-state index is 14.1. The minimum atomic E-state index is -1.42. The number of aliphatic hydroxyl groups is 1. The first-order chi connectivity index (χ1) is 24.7. The molecule has 1 amide bonds. The van der Waals surface area contributed by atoms with Gasteiger partial charge < -0.3 is 38.3 Å². The summed E-state index contributed by atoms with van der Waals surface area (Å²) in [6.07, 6.45) is -2.52. The van der Waals surface area contributed by atoms with Gasteiger partial charge in [0.05, 0.1) is 18.4 Å². The molecule has 3 aliphatic heterocycles. The molecule has 3 aromatic rings. The van der Waals surface area contributed by atoms with E-state index in [1.54, 1.807) is 18.2 Å². The molecule has 1 saturated heterocycles. The molecule has 2 N–H and O–H groups in total. The van der Waals surface area contributed by atoms with Gasteiger partial charge in [0.2, 0.25) is 6.79 Å². The van der Waals surface area contributed by atoms with Crippen molar-refractivity contribution in [3.05, 3.63) is 99.0 Å². The van der Waals surface area contributed by atoms with Gasteiger partial charge in [0.25, 0.3) is 0 Å². The molecule has 3 heterocycles. The zero-order valence-electron chi connectivity index (χ0n) is 27.6. The maximum Gasteiger partial charge on any atom is 0.412 e. The first-order valence-electron chi connectivity index (χ1n) is 16.4. The second kappa shape index (κ2) is 17.0. The minimum absolute atomic E-state index is 0.0523. The van der Waals surface area contributed by atoms with Gasteiger partial charge in [-0.15, -0.1) is 0 Å². The van der Waals surface area contributed by atoms with E-state index in [-0.39, 0.29) is 6.79 Å². The summed E-state index contributed by atoms with van der Waals surface area (Å²) in [7, 11) is 1.34. The van der Waals surface area contributed by atoms with E-state index in [1.807, 2.05) is 60.7 Å². The summed E-state index contributed by atoms with van der Waals surface area (Å²) < 4.78 is 42.1. The third-order valence-electron chi connectivity index (χ3n) is 8.79. The molecule has 7 atom stereocenters. The van der Waals surface area contributed by atoms with Gasteiger partial charge >= 0.3 is 18.0 Å². The number of rotatable bonds is 8. The largest absolute Gasteiger partial charge is 0.454 e. The van der Waals surface area contributed by atoms with Crippen molar-refractivity contribution in [3.8, 4) is 11.5 Å². The molecule has 51 heavy (non-hydrogen) atoms. The van der Waals surface area contributed by atoms with Gasteiger partial charge in [0.15, 0.2) is 36.1 Å². The fourth-order valence-electron chi connectivity index (χ4n) is 6.27. The molecule has 6 rings (SSSR count). The summed E-state index contributed by atoms with van der Waals surface area (Å²) in [5.74, 6) is -1.53. The van der Waals surface area contributed by atoms with E-state index in [4.69, 9.17) is 33.2 Å². The first kappa shape index (κ1) is 36.8. The van der Waals surface area contributed by atoms with Crippen molar-refractivity contribution in [2.45, 2.75) is 56.4 Å². The molecular weight excluding hydrogens is 794 g/mol. The SMILES string of the molecule is CO[C@H]1O[C@H](CO)[C@@H](OC(=O)Nc2ccc3c(c2)OCO3)[C@@H]2OC(=O)[C@H](Cc3cccc(Br)c3)C/C=C\C[C@@H](Cc3cccc(Br)c3)C(=O)O[C@@H]12. The highest BCUT2D eigenvalue weighted by Gasteiger charge is 2.53. The van der Waals surface area contributed by atoms with Gasteiger partial charge in [-0.25, -0.2) is 4.79 Å². The average molecular weight is 832 g/mol. The van der Waals surface area contributed by atoms with E-state index in [9.17, 15) is 19.5 Å². The Morgan fingerprint density at radius 2 is 1.45 bits per heavy atom. The molecule has 0 saturated carbocycles. The molecule has 0 aliphatic carbocycles. The van der Waals surface area contributed by atoms with Crippen LogP contribution < -0.4 is 14.8 Å². The quantitative estimate of drug-likeness (QED) is 0.154. The lowest BCUT2D eigenvalue weighted by molar-refractivity contribution is -0.300. The van der Waals surface area contributed by atoms with Crippen molar-refractivity contribution in [1.82, 2.24) is 0 Å². The second-order valence-corrected chi connectivity index (χ2v) is 14.2. The first-order valence-corrected chi connectivity index (χ1v) is 18.0. The van der Waals surface area contributed by atoms with Gasteiger partial charge in [-0.05, 0) is 73.2 Å². The molecule has 12 nitrogen and oxygen atoms in total. The van der Waals surface area contributed by atoms with Crippen molar-refractivity contribution in [1.29, 1.82) is 0 Å². The fraction of sp³-hybridized carbons (Fsp3) is 0.378. The third-order valence-corrected chi connectivity index (χ3v) is 9.77. The topological polar surface area (TPSA) is 148 Å². The van der Waals surface area contributed by atoms with Crippen LogP contribution >= 0.6 is 31.9 Å². The van der Waals surface area contributed by atoms with Gasteiger partial charge in [-0.3, -0.25) is 14.9 Å². The van der Waals surface area contributed by atoms with Crippen LogP contribution in [0.5, 0.6) is 11.5 Å². The number of carbonyl (C=O) groups excluding carboxylic acids is 3. The number of esters is 2. The Labute approximate surface area is 311 Å². The number of anilines is 1. The predicted molar refractivity (Wildman–Crippen MR) is 190 cm³/mol. The Morgan fingerprint density at radius 1 is 0.843 bits per heavy atom. The molecule has 0 unspecified atom stereocenters. The van der Waals surface area contributed by atoms with Crippen molar-refractivity contribution in [2.75, 3.05) is 25.8 Å². The van der Waals surface area contributed by atoms with E-state index in [2.05, 4.69) is 37.2 Å². The fourth-order valence-corrected chi connectivity index (χ4v) is 7.16.